The highest BCUT2D eigenvalue weighted by molar-refractivity contribution is 14.0. The van der Waals surface area contributed by atoms with Gasteiger partial charge in [0.05, 0.1) is 12.1 Å². The summed E-state index contributed by atoms with van der Waals surface area (Å²) in [7, 11) is 0. The Bertz CT molecular complexity index is 376. The minimum Gasteiger partial charge on any atom is -0.373 e. The average Bonchev–Trinajstić information content (AvgIpc) is 2.93. The molecular formula is C17H32IN3O. The molecule has 22 heavy (non-hydrogen) atoms. The van der Waals surface area contributed by atoms with Gasteiger partial charge in [-0.3, -0.25) is 4.99 Å². The van der Waals surface area contributed by atoms with E-state index in [2.05, 4.69) is 30.6 Å². The van der Waals surface area contributed by atoms with Crippen molar-refractivity contribution in [3.8, 4) is 0 Å². The van der Waals surface area contributed by atoms with E-state index in [0.29, 0.717) is 0 Å². The van der Waals surface area contributed by atoms with E-state index >= 15 is 0 Å². The zero-order chi connectivity index (χ0) is 15.0. The Kier molecular flexibility index (Phi) is 9.40. The normalized spacial score (nSPS) is 25.4. The monoisotopic (exact) mass is 421 g/mol. The molecule has 0 radical (unpaired) electrons. The van der Waals surface area contributed by atoms with Crippen LogP contribution in [0.1, 0.15) is 58.8 Å². The number of ether oxygens (including phenoxy) is 1. The summed E-state index contributed by atoms with van der Waals surface area (Å²) in [6.07, 6.45) is 11.1. The number of aliphatic imine (C=N–C) groups is 1. The Morgan fingerprint density at radius 2 is 2.18 bits per heavy atom. The van der Waals surface area contributed by atoms with Crippen molar-refractivity contribution in [1.82, 2.24) is 10.6 Å². The summed E-state index contributed by atoms with van der Waals surface area (Å²) in [6.45, 7) is 7.76. The zero-order valence-electron chi connectivity index (χ0n) is 14.1. The highest BCUT2D eigenvalue weighted by Gasteiger charge is 2.29. The lowest BCUT2D eigenvalue weighted by molar-refractivity contribution is 0.0283. The first-order valence-corrected chi connectivity index (χ1v) is 8.56. The van der Waals surface area contributed by atoms with Crippen molar-refractivity contribution in [2.45, 2.75) is 64.4 Å². The van der Waals surface area contributed by atoms with Gasteiger partial charge < -0.3 is 15.4 Å². The molecule has 0 aromatic carbocycles. The first kappa shape index (κ1) is 19.7. The molecule has 1 saturated heterocycles. The van der Waals surface area contributed by atoms with Crippen molar-refractivity contribution in [1.29, 1.82) is 0 Å². The fourth-order valence-electron chi connectivity index (χ4n) is 3.02. The number of nitrogens with zero attached hydrogens (tertiary/aromatic N) is 1. The van der Waals surface area contributed by atoms with E-state index in [4.69, 9.17) is 9.73 Å². The third-order valence-corrected chi connectivity index (χ3v) is 4.34. The largest absolute Gasteiger partial charge is 0.373 e. The number of hydrogen-bond acceptors (Lipinski definition) is 2. The predicted molar refractivity (Wildman–Crippen MR) is 104 cm³/mol. The van der Waals surface area contributed by atoms with Crippen LogP contribution in [0.4, 0.5) is 0 Å². The summed E-state index contributed by atoms with van der Waals surface area (Å²) in [4.78, 5) is 4.70. The summed E-state index contributed by atoms with van der Waals surface area (Å²) in [5.74, 6) is 0.922. The lowest BCUT2D eigenvalue weighted by Crippen LogP contribution is -2.39. The first-order chi connectivity index (χ1) is 10.2. The summed E-state index contributed by atoms with van der Waals surface area (Å²) in [6, 6.07) is 0. The molecule has 0 bridgehead atoms. The molecule has 2 aliphatic rings. The number of allylic oxidation sites excluding steroid dienone is 1. The molecule has 0 amide bonds. The van der Waals surface area contributed by atoms with Gasteiger partial charge in [-0.2, -0.15) is 0 Å². The van der Waals surface area contributed by atoms with Crippen LogP contribution in [-0.2, 0) is 4.74 Å². The predicted octanol–water partition coefficient (Wildman–Crippen LogP) is 3.62. The van der Waals surface area contributed by atoms with Gasteiger partial charge in [0, 0.05) is 19.7 Å². The maximum absolute atomic E-state index is 5.80. The Labute approximate surface area is 152 Å². The molecule has 2 N–H and O–H groups in total. The van der Waals surface area contributed by atoms with Crippen LogP contribution in [0.25, 0.3) is 0 Å². The summed E-state index contributed by atoms with van der Waals surface area (Å²) >= 11 is 0. The Hall–Kier alpha value is -0.300. The first-order valence-electron chi connectivity index (χ1n) is 8.56. The SMILES string of the molecule is CCNC(=NCC1(C)CCCO1)NCCC1=CCCCC1.I. The van der Waals surface area contributed by atoms with Crippen LogP contribution >= 0.6 is 24.0 Å². The molecule has 0 aromatic heterocycles. The summed E-state index contributed by atoms with van der Waals surface area (Å²) < 4.78 is 5.80. The second-order valence-electron chi connectivity index (χ2n) is 6.38. The highest BCUT2D eigenvalue weighted by Crippen LogP contribution is 2.25. The van der Waals surface area contributed by atoms with Crippen LogP contribution in [0, 0.1) is 0 Å². The molecule has 5 heteroatoms. The van der Waals surface area contributed by atoms with E-state index in [0.717, 1.165) is 51.5 Å². The molecule has 1 aliphatic heterocycles. The quantitative estimate of drug-likeness (QED) is 0.298. The van der Waals surface area contributed by atoms with Gasteiger partial charge in [0.2, 0.25) is 0 Å². The van der Waals surface area contributed by atoms with Gasteiger partial charge in [-0.1, -0.05) is 11.6 Å². The molecule has 1 fully saturated rings. The number of nitrogens with one attached hydrogen (secondary N) is 2. The molecule has 0 saturated carbocycles. The fraction of sp³-hybridized carbons (Fsp3) is 0.824. The molecule has 2 rings (SSSR count). The van der Waals surface area contributed by atoms with Crippen molar-refractivity contribution in [2.24, 2.45) is 4.99 Å². The van der Waals surface area contributed by atoms with Crippen LogP contribution in [0.5, 0.6) is 0 Å². The van der Waals surface area contributed by atoms with E-state index in [1.807, 2.05) is 0 Å². The second-order valence-corrected chi connectivity index (χ2v) is 6.38. The maximum Gasteiger partial charge on any atom is 0.191 e. The third kappa shape index (κ3) is 6.86. The molecule has 1 atom stereocenters. The molecule has 1 heterocycles. The number of hydrogen-bond donors (Lipinski definition) is 2. The smallest absolute Gasteiger partial charge is 0.191 e. The standard InChI is InChI=1S/C17H31N3O.HI/c1-3-18-16(20-14-17(2)11-7-13-21-17)19-12-10-15-8-5-4-6-9-15;/h8H,3-7,9-14H2,1-2H3,(H2,18,19,20);1H. The third-order valence-electron chi connectivity index (χ3n) is 4.34. The van der Waals surface area contributed by atoms with Crippen molar-refractivity contribution < 1.29 is 4.74 Å². The Balaban J connectivity index is 0.00000242. The Morgan fingerprint density at radius 3 is 2.82 bits per heavy atom. The van der Waals surface area contributed by atoms with E-state index in [-0.39, 0.29) is 29.6 Å². The second kappa shape index (κ2) is 10.5. The minimum absolute atomic E-state index is 0. The zero-order valence-corrected chi connectivity index (χ0v) is 16.4. The topological polar surface area (TPSA) is 45.7 Å². The van der Waals surface area contributed by atoms with Gasteiger partial charge in [0.25, 0.3) is 0 Å². The van der Waals surface area contributed by atoms with Gasteiger partial charge in [-0.25, -0.2) is 0 Å². The Morgan fingerprint density at radius 1 is 1.32 bits per heavy atom. The van der Waals surface area contributed by atoms with Gasteiger partial charge >= 0.3 is 0 Å². The molecule has 1 aliphatic carbocycles. The summed E-state index contributed by atoms with van der Waals surface area (Å²) in [5, 5.41) is 6.78. The van der Waals surface area contributed by atoms with Crippen molar-refractivity contribution in [3.63, 3.8) is 0 Å². The van der Waals surface area contributed by atoms with Crippen molar-refractivity contribution in [3.05, 3.63) is 11.6 Å². The summed E-state index contributed by atoms with van der Waals surface area (Å²) in [5.41, 5.74) is 1.55. The van der Waals surface area contributed by atoms with Crippen LogP contribution in [0.15, 0.2) is 16.6 Å². The van der Waals surface area contributed by atoms with E-state index in [1.165, 1.54) is 25.7 Å². The molecule has 0 spiro atoms. The molecule has 128 valence electrons. The van der Waals surface area contributed by atoms with E-state index in [9.17, 15) is 0 Å². The maximum atomic E-state index is 5.80. The van der Waals surface area contributed by atoms with Crippen LogP contribution in [-0.4, -0.2) is 37.8 Å². The van der Waals surface area contributed by atoms with Gasteiger partial charge in [-0.15, -0.1) is 24.0 Å². The number of guanidine groups is 1. The number of halogens is 1. The van der Waals surface area contributed by atoms with E-state index in [1.54, 1.807) is 5.57 Å². The van der Waals surface area contributed by atoms with Gasteiger partial charge in [-0.05, 0) is 58.8 Å². The van der Waals surface area contributed by atoms with Gasteiger partial charge in [0.15, 0.2) is 5.96 Å². The molecule has 0 aromatic rings. The molecular weight excluding hydrogens is 389 g/mol. The van der Waals surface area contributed by atoms with Gasteiger partial charge in [0.1, 0.15) is 0 Å². The molecule has 1 unspecified atom stereocenters. The van der Waals surface area contributed by atoms with Crippen LogP contribution in [0.3, 0.4) is 0 Å². The molecule has 4 nitrogen and oxygen atoms in total. The van der Waals surface area contributed by atoms with Crippen LogP contribution in [0.2, 0.25) is 0 Å². The minimum atomic E-state index is -0.0613. The lowest BCUT2D eigenvalue weighted by Gasteiger charge is -2.21. The highest BCUT2D eigenvalue weighted by atomic mass is 127. The van der Waals surface area contributed by atoms with Crippen molar-refractivity contribution >= 4 is 29.9 Å². The van der Waals surface area contributed by atoms with Crippen LogP contribution < -0.4 is 10.6 Å². The van der Waals surface area contributed by atoms with Crippen molar-refractivity contribution in [2.75, 3.05) is 26.2 Å². The fourth-order valence-corrected chi connectivity index (χ4v) is 3.02. The number of rotatable bonds is 6. The average molecular weight is 421 g/mol. The lowest BCUT2D eigenvalue weighted by atomic mass is 9.97. The van der Waals surface area contributed by atoms with E-state index < -0.39 is 0 Å².